The van der Waals surface area contributed by atoms with Crippen LogP contribution in [0.25, 0.3) is 0 Å². The van der Waals surface area contributed by atoms with Crippen molar-refractivity contribution in [2.24, 2.45) is 5.41 Å². The Hall–Kier alpha value is -1.02. The SMILES string of the molecule is CC(C)(CO)CN1CCc2ccccc21. The molecule has 82 valence electrons. The highest BCUT2D eigenvalue weighted by Gasteiger charge is 2.25. The maximum Gasteiger partial charge on any atom is 0.0499 e. The van der Waals surface area contributed by atoms with Crippen molar-refractivity contribution in [1.29, 1.82) is 0 Å². The normalized spacial score (nSPS) is 15.5. The maximum atomic E-state index is 9.28. The number of fused-ring (bicyclic) bond motifs is 1. The van der Waals surface area contributed by atoms with Gasteiger partial charge in [-0.1, -0.05) is 32.0 Å². The van der Waals surface area contributed by atoms with Crippen molar-refractivity contribution >= 4 is 5.69 Å². The van der Waals surface area contributed by atoms with Crippen molar-refractivity contribution in [2.45, 2.75) is 20.3 Å². The van der Waals surface area contributed by atoms with Gasteiger partial charge in [-0.15, -0.1) is 0 Å². The third kappa shape index (κ3) is 2.15. The molecule has 0 spiro atoms. The molecule has 1 heterocycles. The lowest BCUT2D eigenvalue weighted by molar-refractivity contribution is 0.164. The molecule has 1 aliphatic heterocycles. The molecule has 0 aromatic heterocycles. The lowest BCUT2D eigenvalue weighted by Gasteiger charge is -2.30. The highest BCUT2D eigenvalue weighted by molar-refractivity contribution is 5.57. The smallest absolute Gasteiger partial charge is 0.0499 e. The summed E-state index contributed by atoms with van der Waals surface area (Å²) in [6.07, 6.45) is 1.14. The number of aliphatic hydroxyl groups excluding tert-OH is 1. The van der Waals surface area contributed by atoms with Gasteiger partial charge < -0.3 is 10.0 Å². The quantitative estimate of drug-likeness (QED) is 0.816. The molecule has 15 heavy (non-hydrogen) atoms. The van der Waals surface area contributed by atoms with Crippen LogP contribution in [-0.2, 0) is 6.42 Å². The lowest BCUT2D eigenvalue weighted by Crippen LogP contribution is -2.35. The molecular formula is C13H19NO. The van der Waals surface area contributed by atoms with Gasteiger partial charge in [-0.3, -0.25) is 0 Å². The number of benzene rings is 1. The van der Waals surface area contributed by atoms with Gasteiger partial charge in [0.25, 0.3) is 0 Å². The van der Waals surface area contributed by atoms with Crippen LogP contribution in [-0.4, -0.2) is 24.8 Å². The molecule has 0 unspecified atom stereocenters. The van der Waals surface area contributed by atoms with Crippen LogP contribution in [0.3, 0.4) is 0 Å². The average Bonchev–Trinajstić information content (AvgIpc) is 2.62. The molecule has 0 saturated carbocycles. The molecule has 0 bridgehead atoms. The fourth-order valence-corrected chi connectivity index (χ4v) is 2.14. The van der Waals surface area contributed by atoms with Gasteiger partial charge in [0.15, 0.2) is 0 Å². The van der Waals surface area contributed by atoms with E-state index in [0.29, 0.717) is 0 Å². The van der Waals surface area contributed by atoms with E-state index in [2.05, 4.69) is 43.0 Å². The second kappa shape index (κ2) is 3.86. The van der Waals surface area contributed by atoms with E-state index < -0.39 is 0 Å². The highest BCUT2D eigenvalue weighted by atomic mass is 16.3. The molecule has 1 aromatic carbocycles. The van der Waals surface area contributed by atoms with Crippen molar-refractivity contribution in [2.75, 3.05) is 24.6 Å². The molecule has 1 aliphatic rings. The van der Waals surface area contributed by atoms with Gasteiger partial charge in [-0.2, -0.15) is 0 Å². The van der Waals surface area contributed by atoms with E-state index in [-0.39, 0.29) is 12.0 Å². The Morgan fingerprint density at radius 1 is 1.33 bits per heavy atom. The summed E-state index contributed by atoms with van der Waals surface area (Å²) in [7, 11) is 0. The molecule has 1 aromatic rings. The predicted octanol–water partition coefficient (Wildman–Crippen LogP) is 2.07. The topological polar surface area (TPSA) is 23.5 Å². The Balaban J connectivity index is 2.14. The van der Waals surface area contributed by atoms with Gasteiger partial charge in [-0.25, -0.2) is 0 Å². The fraction of sp³-hybridized carbons (Fsp3) is 0.538. The summed E-state index contributed by atoms with van der Waals surface area (Å²) in [4.78, 5) is 2.38. The van der Waals surface area contributed by atoms with Crippen molar-refractivity contribution in [3.05, 3.63) is 29.8 Å². The molecular weight excluding hydrogens is 186 g/mol. The molecule has 1 N–H and O–H groups in total. The summed E-state index contributed by atoms with van der Waals surface area (Å²) in [5.41, 5.74) is 2.77. The second-order valence-electron chi connectivity index (χ2n) is 5.12. The minimum atomic E-state index is -0.0164. The third-order valence-corrected chi connectivity index (χ3v) is 3.03. The molecule has 0 aliphatic carbocycles. The van der Waals surface area contributed by atoms with E-state index in [1.165, 1.54) is 11.3 Å². The van der Waals surface area contributed by atoms with Gasteiger partial charge in [0, 0.05) is 30.8 Å². The van der Waals surface area contributed by atoms with E-state index in [4.69, 9.17) is 0 Å². The number of hydrogen-bond donors (Lipinski definition) is 1. The molecule has 0 radical (unpaired) electrons. The minimum absolute atomic E-state index is 0.0164. The highest BCUT2D eigenvalue weighted by Crippen LogP contribution is 2.30. The monoisotopic (exact) mass is 205 g/mol. The number of rotatable bonds is 3. The van der Waals surface area contributed by atoms with Crippen LogP contribution < -0.4 is 4.90 Å². The Morgan fingerprint density at radius 3 is 2.80 bits per heavy atom. The van der Waals surface area contributed by atoms with Crippen molar-refractivity contribution in [1.82, 2.24) is 0 Å². The third-order valence-electron chi connectivity index (χ3n) is 3.03. The van der Waals surface area contributed by atoms with E-state index >= 15 is 0 Å². The lowest BCUT2D eigenvalue weighted by atomic mass is 9.94. The zero-order chi connectivity index (χ0) is 10.9. The summed E-state index contributed by atoms with van der Waals surface area (Å²) in [6.45, 7) is 6.47. The number of para-hydroxylation sites is 1. The van der Waals surface area contributed by atoms with Crippen LogP contribution >= 0.6 is 0 Å². The zero-order valence-electron chi connectivity index (χ0n) is 9.53. The van der Waals surface area contributed by atoms with Crippen LogP contribution in [0.2, 0.25) is 0 Å². The summed E-state index contributed by atoms with van der Waals surface area (Å²) in [5, 5.41) is 9.28. The predicted molar refractivity (Wildman–Crippen MR) is 63.2 cm³/mol. The standard InChI is InChI=1S/C13H19NO/c1-13(2,10-15)9-14-8-7-11-5-3-4-6-12(11)14/h3-6,15H,7-10H2,1-2H3. The van der Waals surface area contributed by atoms with Crippen molar-refractivity contribution in [3.8, 4) is 0 Å². The second-order valence-corrected chi connectivity index (χ2v) is 5.12. The molecule has 2 nitrogen and oxygen atoms in total. The Morgan fingerprint density at radius 2 is 2.07 bits per heavy atom. The Labute approximate surface area is 91.5 Å². The first kappa shape index (κ1) is 10.5. The molecule has 2 heteroatoms. The van der Waals surface area contributed by atoms with Crippen LogP contribution in [0.4, 0.5) is 5.69 Å². The summed E-state index contributed by atoms with van der Waals surface area (Å²) < 4.78 is 0. The van der Waals surface area contributed by atoms with Crippen LogP contribution in [0.5, 0.6) is 0 Å². The number of hydrogen-bond acceptors (Lipinski definition) is 2. The van der Waals surface area contributed by atoms with Gasteiger partial charge in [0.05, 0.1) is 0 Å². The zero-order valence-corrected chi connectivity index (χ0v) is 9.53. The van der Waals surface area contributed by atoms with Gasteiger partial charge in [-0.05, 0) is 18.1 Å². The minimum Gasteiger partial charge on any atom is -0.396 e. The summed E-state index contributed by atoms with van der Waals surface area (Å²) in [6, 6.07) is 8.56. The summed E-state index contributed by atoms with van der Waals surface area (Å²) in [5.74, 6) is 0. The summed E-state index contributed by atoms with van der Waals surface area (Å²) >= 11 is 0. The molecule has 0 fully saturated rings. The number of nitrogens with zero attached hydrogens (tertiary/aromatic N) is 1. The van der Waals surface area contributed by atoms with E-state index in [0.717, 1.165) is 19.5 Å². The largest absolute Gasteiger partial charge is 0.396 e. The molecule has 0 atom stereocenters. The molecule has 2 rings (SSSR count). The Bertz CT molecular complexity index is 346. The molecule has 0 amide bonds. The van der Waals surface area contributed by atoms with Gasteiger partial charge >= 0.3 is 0 Å². The maximum absolute atomic E-state index is 9.28. The Kier molecular flexibility index (Phi) is 2.70. The van der Waals surface area contributed by atoms with E-state index in [9.17, 15) is 5.11 Å². The van der Waals surface area contributed by atoms with Gasteiger partial charge in [0.2, 0.25) is 0 Å². The number of anilines is 1. The first-order chi connectivity index (χ1) is 7.12. The molecule has 0 saturated heterocycles. The first-order valence-electron chi connectivity index (χ1n) is 5.56. The van der Waals surface area contributed by atoms with E-state index in [1.807, 2.05) is 0 Å². The fourth-order valence-electron chi connectivity index (χ4n) is 2.14. The van der Waals surface area contributed by atoms with Crippen LogP contribution in [0, 0.1) is 5.41 Å². The van der Waals surface area contributed by atoms with Crippen molar-refractivity contribution in [3.63, 3.8) is 0 Å². The average molecular weight is 205 g/mol. The van der Waals surface area contributed by atoms with E-state index in [1.54, 1.807) is 0 Å². The van der Waals surface area contributed by atoms with Crippen LogP contribution in [0.1, 0.15) is 19.4 Å². The van der Waals surface area contributed by atoms with Crippen molar-refractivity contribution < 1.29 is 5.11 Å². The first-order valence-corrected chi connectivity index (χ1v) is 5.56. The van der Waals surface area contributed by atoms with Crippen LogP contribution in [0.15, 0.2) is 24.3 Å². The number of aliphatic hydroxyl groups is 1. The van der Waals surface area contributed by atoms with Gasteiger partial charge in [0.1, 0.15) is 0 Å².